The number of fused-ring (bicyclic) bond motifs is 5. The Morgan fingerprint density at radius 3 is 2.46 bits per heavy atom. The minimum atomic E-state index is -0.922. The van der Waals surface area contributed by atoms with E-state index in [9.17, 15) is 20.0 Å². The molecule has 4 rings (SSSR count). The van der Waals surface area contributed by atoms with Crippen molar-refractivity contribution in [3.05, 3.63) is 10.1 Å². The van der Waals surface area contributed by atoms with Gasteiger partial charge in [0.25, 0.3) is 0 Å². The lowest BCUT2D eigenvalue weighted by molar-refractivity contribution is -0.591. The third-order valence-electron chi connectivity index (χ3n) is 10.2. The molecule has 0 aromatic rings. The fourth-order valence-electron chi connectivity index (χ4n) is 8.53. The predicted molar refractivity (Wildman–Crippen MR) is 107 cm³/mol. The number of carbonyl (C=O) groups is 1. The van der Waals surface area contributed by atoms with Gasteiger partial charge in [-0.2, -0.15) is 0 Å². The Labute approximate surface area is 168 Å². The van der Waals surface area contributed by atoms with Crippen LogP contribution < -0.4 is 0 Å². The zero-order valence-corrected chi connectivity index (χ0v) is 17.8. The second kappa shape index (κ2) is 6.78. The summed E-state index contributed by atoms with van der Waals surface area (Å²) < 4.78 is 0. The first kappa shape index (κ1) is 20.3. The summed E-state index contributed by atoms with van der Waals surface area (Å²) in [6.45, 7) is 6.19. The Balaban J connectivity index is 1.63. The van der Waals surface area contributed by atoms with E-state index in [0.717, 1.165) is 38.5 Å². The zero-order valence-electron chi connectivity index (χ0n) is 17.8. The Bertz CT molecular complexity index is 665. The van der Waals surface area contributed by atoms with E-state index in [-0.39, 0.29) is 22.2 Å². The Kier molecular flexibility index (Phi) is 4.92. The van der Waals surface area contributed by atoms with E-state index >= 15 is 0 Å². The van der Waals surface area contributed by atoms with Crippen LogP contribution in [-0.2, 0) is 4.79 Å². The molecule has 0 spiro atoms. The lowest BCUT2D eigenvalue weighted by Gasteiger charge is -2.61. The third kappa shape index (κ3) is 2.71. The van der Waals surface area contributed by atoms with Gasteiger partial charge in [-0.25, -0.2) is 0 Å². The van der Waals surface area contributed by atoms with E-state index in [0.29, 0.717) is 48.3 Å². The molecule has 5 heteroatoms. The van der Waals surface area contributed by atoms with Crippen LogP contribution in [0.15, 0.2) is 0 Å². The smallest absolute Gasteiger partial charge is 0.228 e. The van der Waals surface area contributed by atoms with Gasteiger partial charge < -0.3 is 9.90 Å². The lowest BCUT2D eigenvalue weighted by atomic mass is 9.44. The summed E-state index contributed by atoms with van der Waals surface area (Å²) in [5.74, 6) is 2.31. The molecule has 4 aliphatic carbocycles. The number of aliphatic hydroxyl groups is 1. The molecule has 4 saturated carbocycles. The summed E-state index contributed by atoms with van der Waals surface area (Å²) in [7, 11) is 0. The fraction of sp³-hybridized carbons (Fsp3) is 0.957. The standard InChI is InChI=1S/C23H37NO4/c1-15(25)6-12-23(24(27)28)13-9-20-18-5-4-16-14-17(26)7-10-21(16,2)19(18)8-11-22(20,23)3/h16-20,26H,4-14H2,1-3H3/t16?,17-,18-,19+,20+,21+,22+,23+/m1/s1. The summed E-state index contributed by atoms with van der Waals surface area (Å²) in [5, 5.41) is 22.5. The van der Waals surface area contributed by atoms with Crippen molar-refractivity contribution in [2.45, 2.75) is 103 Å². The molecule has 4 fully saturated rings. The van der Waals surface area contributed by atoms with Crippen LogP contribution in [-0.4, -0.2) is 27.5 Å². The average molecular weight is 392 g/mol. The predicted octanol–water partition coefficient (Wildman–Crippen LogP) is 4.77. The van der Waals surface area contributed by atoms with Crippen LogP contribution in [0, 0.1) is 44.6 Å². The van der Waals surface area contributed by atoms with Gasteiger partial charge in [0.05, 0.1) is 6.10 Å². The zero-order chi connectivity index (χ0) is 20.3. The molecule has 8 atom stereocenters. The van der Waals surface area contributed by atoms with Crippen molar-refractivity contribution in [3.8, 4) is 0 Å². The highest BCUT2D eigenvalue weighted by atomic mass is 16.6. The van der Waals surface area contributed by atoms with Crippen molar-refractivity contribution in [2.24, 2.45) is 34.5 Å². The Hall–Kier alpha value is -0.970. The number of carbonyl (C=O) groups excluding carboxylic acids is 1. The van der Waals surface area contributed by atoms with Gasteiger partial charge in [-0.15, -0.1) is 0 Å². The first-order chi connectivity index (χ1) is 13.1. The maximum atomic E-state index is 12.3. The quantitative estimate of drug-likeness (QED) is 0.553. The number of hydrogen-bond acceptors (Lipinski definition) is 4. The highest BCUT2D eigenvalue weighted by Gasteiger charge is 2.70. The van der Waals surface area contributed by atoms with Gasteiger partial charge in [-0.3, -0.25) is 10.1 Å². The fourth-order valence-corrected chi connectivity index (χ4v) is 8.53. The van der Waals surface area contributed by atoms with E-state index in [1.165, 1.54) is 12.8 Å². The van der Waals surface area contributed by atoms with Gasteiger partial charge in [0.1, 0.15) is 5.78 Å². The number of nitro groups is 1. The van der Waals surface area contributed by atoms with Gasteiger partial charge in [0.15, 0.2) is 0 Å². The molecule has 0 bridgehead atoms. The van der Waals surface area contributed by atoms with Crippen molar-refractivity contribution in [3.63, 3.8) is 0 Å². The molecule has 4 aliphatic rings. The summed E-state index contributed by atoms with van der Waals surface area (Å²) in [4.78, 5) is 24.0. The van der Waals surface area contributed by atoms with Crippen LogP contribution in [0.25, 0.3) is 0 Å². The van der Waals surface area contributed by atoms with Crippen LogP contribution in [0.5, 0.6) is 0 Å². The third-order valence-corrected chi connectivity index (χ3v) is 10.2. The summed E-state index contributed by atoms with van der Waals surface area (Å²) in [6, 6.07) is 0. The minimum Gasteiger partial charge on any atom is -0.393 e. The first-order valence-electron chi connectivity index (χ1n) is 11.5. The van der Waals surface area contributed by atoms with Crippen molar-refractivity contribution in [1.29, 1.82) is 0 Å². The molecule has 0 saturated heterocycles. The molecule has 5 nitrogen and oxygen atoms in total. The SMILES string of the molecule is CC(=O)CC[C@]1([N+](=O)[O-])CC[C@H]2[C@@H]3CCC4C[C@H](O)CC[C@]4(C)[C@H]3CC[C@@]21C. The average Bonchev–Trinajstić information content (AvgIpc) is 2.94. The number of nitrogens with zero attached hydrogens (tertiary/aromatic N) is 1. The molecule has 0 aliphatic heterocycles. The van der Waals surface area contributed by atoms with Crippen LogP contribution in [0.3, 0.4) is 0 Å². The summed E-state index contributed by atoms with van der Waals surface area (Å²) in [6.07, 6.45) is 9.47. The van der Waals surface area contributed by atoms with E-state index in [1.807, 2.05) is 0 Å². The largest absolute Gasteiger partial charge is 0.393 e. The van der Waals surface area contributed by atoms with E-state index < -0.39 is 5.54 Å². The van der Waals surface area contributed by atoms with Gasteiger partial charge in [0.2, 0.25) is 5.54 Å². The maximum Gasteiger partial charge on any atom is 0.228 e. The molecule has 0 heterocycles. The topological polar surface area (TPSA) is 80.4 Å². The second-order valence-electron chi connectivity index (χ2n) is 11.1. The molecular weight excluding hydrogens is 354 g/mol. The minimum absolute atomic E-state index is 0.000573. The van der Waals surface area contributed by atoms with Crippen molar-refractivity contribution in [2.75, 3.05) is 0 Å². The van der Waals surface area contributed by atoms with Gasteiger partial charge >= 0.3 is 0 Å². The van der Waals surface area contributed by atoms with Crippen molar-refractivity contribution >= 4 is 5.78 Å². The maximum absolute atomic E-state index is 12.3. The highest BCUT2D eigenvalue weighted by Crippen LogP contribution is 2.69. The van der Waals surface area contributed by atoms with E-state index in [4.69, 9.17) is 0 Å². The van der Waals surface area contributed by atoms with Gasteiger partial charge in [-0.05, 0) is 87.4 Å². The van der Waals surface area contributed by atoms with Crippen molar-refractivity contribution < 1.29 is 14.8 Å². The van der Waals surface area contributed by atoms with E-state index in [2.05, 4.69) is 13.8 Å². The molecule has 28 heavy (non-hydrogen) atoms. The van der Waals surface area contributed by atoms with Crippen LogP contribution in [0.4, 0.5) is 0 Å². The molecule has 158 valence electrons. The normalized spacial score (nSPS) is 50.4. The summed E-state index contributed by atoms with van der Waals surface area (Å²) in [5.41, 5.74) is -0.915. The number of ketones is 1. The van der Waals surface area contributed by atoms with Crippen molar-refractivity contribution in [1.82, 2.24) is 0 Å². The number of hydrogen-bond donors (Lipinski definition) is 1. The molecule has 0 radical (unpaired) electrons. The molecule has 0 aromatic heterocycles. The van der Waals surface area contributed by atoms with E-state index in [1.54, 1.807) is 6.92 Å². The molecule has 0 amide bonds. The second-order valence-corrected chi connectivity index (χ2v) is 11.1. The van der Waals surface area contributed by atoms with Crippen LogP contribution in [0.2, 0.25) is 0 Å². The van der Waals surface area contributed by atoms with Gasteiger partial charge in [0, 0.05) is 29.6 Å². The molecule has 1 unspecified atom stereocenters. The monoisotopic (exact) mass is 391 g/mol. The first-order valence-corrected chi connectivity index (χ1v) is 11.5. The number of Topliss-reactive ketones (excluding diaryl/α,β-unsaturated/α-hetero) is 1. The lowest BCUT2D eigenvalue weighted by Crippen LogP contribution is -2.58. The number of aliphatic hydroxyl groups excluding tert-OH is 1. The molecular formula is C23H37NO4. The highest BCUT2D eigenvalue weighted by molar-refractivity contribution is 5.75. The molecule has 0 aromatic carbocycles. The number of rotatable bonds is 4. The van der Waals surface area contributed by atoms with Gasteiger partial charge in [-0.1, -0.05) is 13.8 Å². The Morgan fingerprint density at radius 1 is 1.07 bits per heavy atom. The van der Waals surface area contributed by atoms with Crippen LogP contribution >= 0.6 is 0 Å². The van der Waals surface area contributed by atoms with Crippen LogP contribution in [0.1, 0.15) is 91.4 Å². The Morgan fingerprint density at radius 2 is 1.79 bits per heavy atom. The summed E-state index contributed by atoms with van der Waals surface area (Å²) >= 11 is 0. The molecule has 1 N–H and O–H groups in total.